The summed E-state index contributed by atoms with van der Waals surface area (Å²) in [6.07, 6.45) is -3.22. The first-order chi connectivity index (χ1) is 5.94. The van der Waals surface area contributed by atoms with Crippen molar-refractivity contribution in [2.75, 3.05) is 5.73 Å². The summed E-state index contributed by atoms with van der Waals surface area (Å²) < 4.78 is 48.5. The lowest BCUT2D eigenvalue weighted by Gasteiger charge is -2.12. The maximum atomic E-state index is 12.5. The molecule has 1 rings (SSSR count). The van der Waals surface area contributed by atoms with E-state index in [1.165, 1.54) is 0 Å². The quantitative estimate of drug-likeness (QED) is 0.711. The first-order valence-corrected chi connectivity index (χ1v) is 3.05. The molecular weight excluding hydrogens is 192 g/mol. The Morgan fingerprint density at radius 3 is 2.38 bits per heavy atom. The van der Waals surface area contributed by atoms with E-state index in [1.807, 2.05) is 0 Å². The van der Waals surface area contributed by atoms with Crippen LogP contribution in [0, 0.1) is 0 Å². The van der Waals surface area contributed by atoms with Crippen molar-refractivity contribution in [1.82, 2.24) is 15.0 Å². The summed E-state index contributed by atoms with van der Waals surface area (Å²) in [7, 11) is 0. The van der Waals surface area contributed by atoms with Gasteiger partial charge in [0.05, 0.1) is 0 Å². The number of anilines is 1. The Labute approximate surface area is 69.8 Å². The molecule has 0 fully saturated rings. The fraction of sp³-hybridized carbons (Fsp3) is 0.400. The minimum atomic E-state index is -4.39. The third kappa shape index (κ3) is 1.82. The van der Waals surface area contributed by atoms with Gasteiger partial charge < -0.3 is 5.73 Å². The summed E-state index contributed by atoms with van der Waals surface area (Å²) in [5.41, 5.74) is 4.91. The van der Waals surface area contributed by atoms with Gasteiger partial charge in [-0.15, -0.1) is 0 Å². The zero-order valence-electron chi connectivity index (χ0n) is 6.09. The lowest BCUT2D eigenvalue weighted by atomic mass is 10.3. The second-order valence-corrected chi connectivity index (χ2v) is 2.09. The molecule has 0 aliphatic carbocycles. The van der Waals surface area contributed by atoms with Crippen molar-refractivity contribution in [1.29, 1.82) is 0 Å². The van der Waals surface area contributed by atoms with Crippen molar-refractivity contribution < 1.29 is 17.6 Å². The van der Waals surface area contributed by atoms with E-state index in [4.69, 9.17) is 5.73 Å². The van der Waals surface area contributed by atoms with Gasteiger partial charge in [0.25, 0.3) is 0 Å². The van der Waals surface area contributed by atoms with E-state index in [1.54, 1.807) is 0 Å². The largest absolute Gasteiger partial charge is 0.368 e. The molecular formula is C5H4F4N4. The summed E-state index contributed by atoms with van der Waals surface area (Å²) in [6.45, 7) is 0. The number of hydrogen-bond acceptors (Lipinski definition) is 4. The third-order valence-electron chi connectivity index (χ3n) is 1.16. The van der Waals surface area contributed by atoms with E-state index in [0.717, 1.165) is 0 Å². The molecule has 1 aromatic rings. The van der Waals surface area contributed by atoms with Crippen LogP contribution in [-0.2, 0) is 5.92 Å². The normalized spacial score (nSPS) is 12.1. The number of nitrogens with two attached hydrogens (primary N) is 1. The van der Waals surface area contributed by atoms with Gasteiger partial charge in [-0.2, -0.15) is 13.8 Å². The second-order valence-electron chi connectivity index (χ2n) is 2.09. The highest BCUT2D eigenvalue weighted by molar-refractivity contribution is 5.14. The third-order valence-corrected chi connectivity index (χ3v) is 1.16. The zero-order chi connectivity index (χ0) is 10.1. The van der Waals surface area contributed by atoms with Crippen LogP contribution < -0.4 is 5.73 Å². The molecule has 0 atom stereocenters. The minimum absolute atomic E-state index is 0.523. The highest BCUT2D eigenvalue weighted by Gasteiger charge is 2.46. The predicted molar refractivity (Wildman–Crippen MR) is 34.1 cm³/mol. The van der Waals surface area contributed by atoms with Gasteiger partial charge in [0, 0.05) is 0 Å². The summed E-state index contributed by atoms with van der Waals surface area (Å²) in [5.74, 6) is -6.24. The number of alkyl halides is 4. The number of nitrogen functional groups attached to an aromatic ring is 1. The molecule has 8 heteroatoms. The molecule has 13 heavy (non-hydrogen) atoms. The molecule has 0 radical (unpaired) electrons. The van der Waals surface area contributed by atoms with E-state index < -0.39 is 24.1 Å². The van der Waals surface area contributed by atoms with E-state index in [2.05, 4.69) is 15.0 Å². The van der Waals surface area contributed by atoms with E-state index >= 15 is 0 Å². The van der Waals surface area contributed by atoms with Gasteiger partial charge in [0.2, 0.25) is 11.8 Å². The molecule has 1 heterocycles. The van der Waals surface area contributed by atoms with Gasteiger partial charge in [-0.3, -0.25) is 0 Å². The maximum Gasteiger partial charge on any atom is 0.365 e. The molecule has 0 aromatic carbocycles. The highest BCUT2D eigenvalue weighted by atomic mass is 19.3. The first kappa shape index (κ1) is 9.62. The van der Waals surface area contributed by atoms with E-state index in [-0.39, 0.29) is 0 Å². The van der Waals surface area contributed by atoms with Gasteiger partial charge in [0.1, 0.15) is 6.33 Å². The molecule has 4 nitrogen and oxygen atoms in total. The topological polar surface area (TPSA) is 64.7 Å². The van der Waals surface area contributed by atoms with Crippen LogP contribution in [0.4, 0.5) is 23.5 Å². The average Bonchev–Trinajstić information content (AvgIpc) is 2.04. The van der Waals surface area contributed by atoms with Gasteiger partial charge in [-0.05, 0) is 0 Å². The molecule has 0 aliphatic rings. The van der Waals surface area contributed by atoms with E-state index in [9.17, 15) is 17.6 Å². The molecule has 0 aliphatic heterocycles. The smallest absolute Gasteiger partial charge is 0.365 e. The molecule has 0 bridgehead atoms. The van der Waals surface area contributed by atoms with E-state index in [0.29, 0.717) is 6.33 Å². The molecule has 0 amide bonds. The highest BCUT2D eigenvalue weighted by Crippen LogP contribution is 2.31. The molecule has 1 aromatic heterocycles. The van der Waals surface area contributed by atoms with Crippen LogP contribution >= 0.6 is 0 Å². The van der Waals surface area contributed by atoms with Crippen molar-refractivity contribution in [3.05, 3.63) is 12.2 Å². The summed E-state index contributed by atoms with van der Waals surface area (Å²) in [5, 5.41) is 0. The van der Waals surface area contributed by atoms with Crippen molar-refractivity contribution in [3.63, 3.8) is 0 Å². The van der Waals surface area contributed by atoms with Crippen molar-refractivity contribution in [2.24, 2.45) is 0 Å². The maximum absolute atomic E-state index is 12.5. The Kier molecular flexibility index (Phi) is 2.30. The summed E-state index contributed by atoms with van der Waals surface area (Å²) in [4.78, 5) is 8.98. The predicted octanol–water partition coefficient (Wildman–Crippen LogP) is 0.811. The van der Waals surface area contributed by atoms with Gasteiger partial charge >= 0.3 is 12.3 Å². The minimum Gasteiger partial charge on any atom is -0.368 e. The summed E-state index contributed by atoms with van der Waals surface area (Å²) in [6, 6.07) is 0. The van der Waals surface area contributed by atoms with Crippen LogP contribution in [0.5, 0.6) is 0 Å². The molecule has 0 unspecified atom stereocenters. The Hall–Kier alpha value is -1.47. The Bertz CT molecular complexity index is 302. The van der Waals surface area contributed by atoms with Crippen LogP contribution in [0.1, 0.15) is 5.82 Å². The SMILES string of the molecule is Nc1ncnc(C(F)(F)C(F)F)n1. The molecule has 2 N–H and O–H groups in total. The lowest BCUT2D eigenvalue weighted by molar-refractivity contribution is -0.141. The standard InChI is InChI=1S/C5H4F4N4/c6-2(7)5(8,9)3-11-1-12-4(10)13-3/h1-2H,(H2,10,11,12,13). The number of hydrogen-bond donors (Lipinski definition) is 1. The van der Waals surface area contributed by atoms with Gasteiger partial charge in [-0.25, -0.2) is 18.7 Å². The zero-order valence-corrected chi connectivity index (χ0v) is 6.09. The molecule has 0 spiro atoms. The number of aromatic nitrogens is 3. The van der Waals surface area contributed by atoms with Crippen LogP contribution in [0.2, 0.25) is 0 Å². The summed E-state index contributed by atoms with van der Waals surface area (Å²) >= 11 is 0. The number of rotatable bonds is 2. The fourth-order valence-corrected chi connectivity index (χ4v) is 0.567. The van der Waals surface area contributed by atoms with Crippen LogP contribution in [0.15, 0.2) is 6.33 Å². The van der Waals surface area contributed by atoms with Gasteiger partial charge in [0.15, 0.2) is 0 Å². The Balaban J connectivity index is 3.07. The monoisotopic (exact) mass is 196 g/mol. The molecule has 72 valence electrons. The van der Waals surface area contributed by atoms with Crippen LogP contribution in [-0.4, -0.2) is 21.4 Å². The van der Waals surface area contributed by atoms with Crippen LogP contribution in [0.3, 0.4) is 0 Å². The fourth-order valence-electron chi connectivity index (χ4n) is 0.567. The van der Waals surface area contributed by atoms with Crippen molar-refractivity contribution in [3.8, 4) is 0 Å². The van der Waals surface area contributed by atoms with Gasteiger partial charge in [-0.1, -0.05) is 0 Å². The van der Waals surface area contributed by atoms with Crippen molar-refractivity contribution in [2.45, 2.75) is 12.3 Å². The Morgan fingerprint density at radius 1 is 1.31 bits per heavy atom. The first-order valence-electron chi connectivity index (χ1n) is 3.05. The lowest BCUT2D eigenvalue weighted by Crippen LogP contribution is -2.26. The molecule has 0 saturated carbocycles. The average molecular weight is 196 g/mol. The Morgan fingerprint density at radius 2 is 1.92 bits per heavy atom. The number of halogens is 4. The number of nitrogens with zero attached hydrogens (tertiary/aromatic N) is 3. The van der Waals surface area contributed by atoms with Crippen LogP contribution in [0.25, 0.3) is 0 Å². The second kappa shape index (κ2) is 3.11. The van der Waals surface area contributed by atoms with Crippen molar-refractivity contribution >= 4 is 5.95 Å². The molecule has 0 saturated heterocycles.